The van der Waals surface area contributed by atoms with Crippen LogP contribution in [-0.2, 0) is 10.0 Å². The highest BCUT2D eigenvalue weighted by Crippen LogP contribution is 2.28. The molecule has 0 spiro atoms. The lowest BCUT2D eigenvalue weighted by Crippen LogP contribution is -2.23. The summed E-state index contributed by atoms with van der Waals surface area (Å²) < 4.78 is 43.9. The Hall–Kier alpha value is -4.77. The molecule has 0 aliphatic carbocycles. The van der Waals surface area contributed by atoms with Gasteiger partial charge in [-0.2, -0.15) is 0 Å². The lowest BCUT2D eigenvalue weighted by molar-refractivity contribution is 0.601. The van der Waals surface area contributed by atoms with E-state index in [4.69, 9.17) is 11.5 Å². The van der Waals surface area contributed by atoms with Gasteiger partial charge in [0.2, 0.25) is 5.95 Å². The number of pyridine rings is 1. The Morgan fingerprint density at radius 1 is 0.889 bits per heavy atom. The van der Waals surface area contributed by atoms with E-state index in [2.05, 4.69) is 14.7 Å². The number of nitrogen functional groups attached to an aromatic ring is 2. The van der Waals surface area contributed by atoms with E-state index in [0.717, 1.165) is 4.57 Å². The van der Waals surface area contributed by atoms with Crippen LogP contribution in [0.5, 0.6) is 0 Å². The number of rotatable bonds is 5. The molecule has 0 amide bonds. The second kappa shape index (κ2) is 8.78. The third-order valence-electron chi connectivity index (χ3n) is 5.52. The minimum Gasteiger partial charge on any atom is -0.383 e. The first-order chi connectivity index (χ1) is 17.2. The molecule has 0 fully saturated rings. The summed E-state index contributed by atoms with van der Waals surface area (Å²) >= 11 is 0. The third kappa shape index (κ3) is 4.12. The molecule has 36 heavy (non-hydrogen) atoms. The fourth-order valence-electron chi connectivity index (χ4n) is 3.79. The first-order valence-electron chi connectivity index (χ1n) is 10.7. The standard InChI is InChI=1S/C25H19FN6O3S/c26-19-8-4-5-9-21(19)32-24(33)18-12-15(10-11-20(18)30-25(32)28)16-13-22(23(27)29-14-16)36(34,35)31-17-6-2-1-3-7-17/h1-14,31H,(H2,27,29)(H2,28,30). The first-order valence-corrected chi connectivity index (χ1v) is 12.1. The molecule has 2 heterocycles. The van der Waals surface area contributed by atoms with E-state index in [-0.39, 0.29) is 27.7 Å². The molecular formula is C25H19FN6O3S. The quantitative estimate of drug-likeness (QED) is 0.333. The fourth-order valence-corrected chi connectivity index (χ4v) is 4.96. The van der Waals surface area contributed by atoms with E-state index in [1.165, 1.54) is 36.5 Å². The SMILES string of the molecule is Nc1ncc(-c2ccc3nc(N)n(-c4ccccc4F)c(=O)c3c2)cc1S(=O)(=O)Nc1ccccc1. The van der Waals surface area contributed by atoms with Gasteiger partial charge in [0.15, 0.2) is 0 Å². The van der Waals surface area contributed by atoms with Crippen LogP contribution in [0.15, 0.2) is 94.7 Å². The molecule has 9 nitrogen and oxygen atoms in total. The number of fused-ring (bicyclic) bond motifs is 1. The number of sulfonamides is 1. The van der Waals surface area contributed by atoms with E-state index in [0.29, 0.717) is 22.3 Å². The van der Waals surface area contributed by atoms with E-state index in [1.807, 2.05) is 0 Å². The molecular weight excluding hydrogens is 483 g/mol. The number of nitrogens with two attached hydrogens (primary N) is 2. The molecule has 5 N–H and O–H groups in total. The first kappa shape index (κ1) is 23.0. The molecule has 180 valence electrons. The van der Waals surface area contributed by atoms with Crippen LogP contribution in [0.1, 0.15) is 0 Å². The molecule has 0 saturated heterocycles. The Kier molecular flexibility index (Phi) is 5.61. The molecule has 0 atom stereocenters. The van der Waals surface area contributed by atoms with Gasteiger partial charge in [-0.05, 0) is 48.0 Å². The average molecular weight is 503 g/mol. The van der Waals surface area contributed by atoms with Crippen molar-refractivity contribution in [3.63, 3.8) is 0 Å². The number of hydrogen-bond acceptors (Lipinski definition) is 7. The number of para-hydroxylation sites is 2. The molecule has 3 aromatic carbocycles. The molecule has 0 radical (unpaired) electrons. The van der Waals surface area contributed by atoms with Gasteiger partial charge >= 0.3 is 0 Å². The van der Waals surface area contributed by atoms with Gasteiger partial charge in [-0.15, -0.1) is 0 Å². The Bertz CT molecular complexity index is 1790. The van der Waals surface area contributed by atoms with Gasteiger partial charge in [0.25, 0.3) is 15.6 Å². The molecule has 0 unspecified atom stereocenters. The predicted octanol–water partition coefficient (Wildman–Crippen LogP) is 3.55. The zero-order valence-corrected chi connectivity index (χ0v) is 19.4. The zero-order chi connectivity index (χ0) is 25.4. The van der Waals surface area contributed by atoms with Crippen molar-refractivity contribution in [2.75, 3.05) is 16.2 Å². The Morgan fingerprint density at radius 2 is 1.61 bits per heavy atom. The van der Waals surface area contributed by atoms with Gasteiger partial charge in [0.1, 0.15) is 16.5 Å². The molecule has 11 heteroatoms. The zero-order valence-electron chi connectivity index (χ0n) is 18.6. The lowest BCUT2D eigenvalue weighted by Gasteiger charge is -2.13. The summed E-state index contributed by atoms with van der Waals surface area (Å²) in [6.45, 7) is 0. The summed E-state index contributed by atoms with van der Waals surface area (Å²) in [5.41, 5.74) is 12.8. The number of benzene rings is 3. The van der Waals surface area contributed by atoms with Crippen molar-refractivity contribution in [1.82, 2.24) is 14.5 Å². The number of nitrogens with zero attached hydrogens (tertiary/aromatic N) is 3. The summed E-state index contributed by atoms with van der Waals surface area (Å²) in [6, 6.07) is 20.2. The summed E-state index contributed by atoms with van der Waals surface area (Å²) in [5, 5.41) is 0.161. The van der Waals surface area contributed by atoms with Crippen LogP contribution in [0, 0.1) is 5.82 Å². The van der Waals surface area contributed by atoms with Gasteiger partial charge < -0.3 is 11.5 Å². The highest BCUT2D eigenvalue weighted by atomic mass is 32.2. The van der Waals surface area contributed by atoms with Crippen LogP contribution in [0.25, 0.3) is 27.7 Å². The van der Waals surface area contributed by atoms with E-state index in [1.54, 1.807) is 48.5 Å². The van der Waals surface area contributed by atoms with Crippen LogP contribution < -0.4 is 21.7 Å². The van der Waals surface area contributed by atoms with Crippen molar-refractivity contribution in [1.29, 1.82) is 0 Å². The smallest absolute Gasteiger partial charge is 0.267 e. The molecule has 5 rings (SSSR count). The minimum absolute atomic E-state index is 0.0330. The molecule has 0 aliphatic heterocycles. The monoisotopic (exact) mass is 502 g/mol. The van der Waals surface area contributed by atoms with Crippen molar-refractivity contribution < 1.29 is 12.8 Å². The van der Waals surface area contributed by atoms with Crippen LogP contribution >= 0.6 is 0 Å². The van der Waals surface area contributed by atoms with Gasteiger partial charge in [0.05, 0.1) is 16.6 Å². The van der Waals surface area contributed by atoms with Crippen LogP contribution in [0.4, 0.5) is 21.8 Å². The predicted molar refractivity (Wildman–Crippen MR) is 137 cm³/mol. The Morgan fingerprint density at radius 3 is 2.36 bits per heavy atom. The summed E-state index contributed by atoms with van der Waals surface area (Å²) in [5.74, 6) is -0.980. The topological polar surface area (TPSA) is 146 Å². The van der Waals surface area contributed by atoms with Crippen molar-refractivity contribution in [2.45, 2.75) is 4.90 Å². The molecule has 0 saturated carbocycles. The molecule has 2 aromatic heterocycles. The van der Waals surface area contributed by atoms with E-state index < -0.39 is 21.4 Å². The maximum absolute atomic E-state index is 14.4. The normalized spacial score (nSPS) is 11.5. The second-order valence-corrected chi connectivity index (χ2v) is 9.52. The van der Waals surface area contributed by atoms with Gasteiger partial charge in [-0.1, -0.05) is 36.4 Å². The highest BCUT2D eigenvalue weighted by molar-refractivity contribution is 7.92. The summed E-state index contributed by atoms with van der Waals surface area (Å²) in [7, 11) is -4.05. The number of halogens is 1. The van der Waals surface area contributed by atoms with Gasteiger partial charge in [-0.25, -0.2) is 27.3 Å². The Balaban J connectivity index is 1.62. The van der Waals surface area contributed by atoms with Crippen LogP contribution in [0.2, 0.25) is 0 Å². The lowest BCUT2D eigenvalue weighted by atomic mass is 10.1. The maximum atomic E-state index is 14.4. The van der Waals surface area contributed by atoms with E-state index >= 15 is 0 Å². The average Bonchev–Trinajstić information content (AvgIpc) is 2.85. The van der Waals surface area contributed by atoms with Crippen LogP contribution in [-0.4, -0.2) is 23.0 Å². The second-order valence-electron chi connectivity index (χ2n) is 7.87. The Labute approximate surface area is 204 Å². The van der Waals surface area contributed by atoms with Crippen molar-refractivity contribution in [3.05, 3.63) is 101 Å². The minimum atomic E-state index is -4.05. The number of nitrogens with one attached hydrogen (secondary N) is 1. The number of aromatic nitrogens is 3. The third-order valence-corrected chi connectivity index (χ3v) is 6.93. The summed E-state index contributed by atoms with van der Waals surface area (Å²) in [4.78, 5) is 21.4. The highest BCUT2D eigenvalue weighted by Gasteiger charge is 2.20. The van der Waals surface area contributed by atoms with Gasteiger partial charge in [0, 0.05) is 17.4 Å². The van der Waals surface area contributed by atoms with Crippen molar-refractivity contribution in [3.8, 4) is 16.8 Å². The van der Waals surface area contributed by atoms with Crippen LogP contribution in [0.3, 0.4) is 0 Å². The number of anilines is 3. The van der Waals surface area contributed by atoms with Gasteiger partial charge in [-0.3, -0.25) is 9.52 Å². The van der Waals surface area contributed by atoms with E-state index in [9.17, 15) is 17.6 Å². The fraction of sp³-hybridized carbons (Fsp3) is 0. The van der Waals surface area contributed by atoms with Crippen molar-refractivity contribution >= 4 is 38.4 Å². The largest absolute Gasteiger partial charge is 0.383 e. The van der Waals surface area contributed by atoms with Crippen molar-refractivity contribution in [2.24, 2.45) is 0 Å². The molecule has 0 aliphatic rings. The molecule has 0 bridgehead atoms. The maximum Gasteiger partial charge on any atom is 0.267 e. The molecule has 5 aromatic rings. The summed E-state index contributed by atoms with van der Waals surface area (Å²) in [6.07, 6.45) is 1.40. The number of hydrogen-bond donors (Lipinski definition) is 3.